The molecule has 0 fully saturated rings. The zero-order valence-corrected chi connectivity index (χ0v) is 19.9. The van der Waals surface area contributed by atoms with E-state index in [0.717, 1.165) is 16.9 Å². The lowest BCUT2D eigenvalue weighted by Crippen LogP contribution is -2.41. The van der Waals surface area contributed by atoms with Gasteiger partial charge in [0.05, 0.1) is 16.8 Å². The minimum atomic E-state index is -0.501. The molecule has 0 radical (unpaired) electrons. The molecular formula is C25H22ClN5O2S. The normalized spacial score (nSPS) is 16.9. The molecule has 1 aliphatic heterocycles. The van der Waals surface area contributed by atoms with Crippen LogP contribution in [0.3, 0.4) is 0 Å². The van der Waals surface area contributed by atoms with Crippen LogP contribution >= 0.6 is 23.4 Å². The number of carbonyl (C=O) groups excluding carboxylic acids is 1. The van der Waals surface area contributed by atoms with Gasteiger partial charge in [0.15, 0.2) is 5.82 Å². The van der Waals surface area contributed by atoms with Crippen LogP contribution in [0.2, 0.25) is 5.02 Å². The van der Waals surface area contributed by atoms with Crippen LogP contribution in [0.4, 0.5) is 5.69 Å². The summed E-state index contributed by atoms with van der Waals surface area (Å²) in [4.78, 5) is 13.4. The number of hydrogen-bond donors (Lipinski definition) is 2. The molecular weight excluding hydrogens is 470 g/mol. The molecule has 4 aromatic rings. The molecule has 0 aliphatic carbocycles. The Balaban J connectivity index is 1.43. The van der Waals surface area contributed by atoms with Gasteiger partial charge in [-0.3, -0.25) is 4.79 Å². The minimum Gasteiger partial charge on any atom is -0.486 e. The summed E-state index contributed by atoms with van der Waals surface area (Å²) in [6, 6.07) is 24.5. The number of carbonyl (C=O) groups is 1. The zero-order chi connectivity index (χ0) is 23.5. The number of hydrogen-bond acceptors (Lipinski definition) is 6. The second-order valence-electron chi connectivity index (χ2n) is 7.86. The molecule has 9 heteroatoms. The number of amides is 1. The molecule has 2 N–H and O–H groups in total. The highest BCUT2D eigenvalue weighted by atomic mass is 35.5. The Labute approximate surface area is 206 Å². The first-order valence-electron chi connectivity index (χ1n) is 10.8. The lowest BCUT2D eigenvalue weighted by Gasteiger charge is -2.33. The molecule has 1 aromatic heterocycles. The summed E-state index contributed by atoms with van der Waals surface area (Å²) in [6.07, 6.45) is 0. The van der Waals surface area contributed by atoms with Crippen molar-refractivity contribution in [2.45, 2.75) is 30.0 Å². The lowest BCUT2D eigenvalue weighted by atomic mass is 10.0. The Morgan fingerprint density at radius 1 is 1.06 bits per heavy atom. The molecule has 7 nitrogen and oxygen atoms in total. The Kier molecular flexibility index (Phi) is 6.42. The number of nitrogens with zero attached hydrogens (tertiary/aromatic N) is 3. The van der Waals surface area contributed by atoms with Gasteiger partial charge in [-0.1, -0.05) is 83.5 Å². The van der Waals surface area contributed by atoms with E-state index in [-0.39, 0.29) is 18.6 Å². The molecule has 172 valence electrons. The van der Waals surface area contributed by atoms with Crippen LogP contribution in [0.5, 0.6) is 5.75 Å². The smallest absolute Gasteiger partial charge is 0.240 e. The Hall–Kier alpha value is -3.49. The van der Waals surface area contributed by atoms with E-state index in [0.29, 0.717) is 21.7 Å². The maximum Gasteiger partial charge on any atom is 0.240 e. The third-order valence-corrected chi connectivity index (χ3v) is 6.99. The predicted molar refractivity (Wildman–Crippen MR) is 134 cm³/mol. The van der Waals surface area contributed by atoms with Gasteiger partial charge >= 0.3 is 0 Å². The highest BCUT2D eigenvalue weighted by molar-refractivity contribution is 8.00. The van der Waals surface area contributed by atoms with Crippen LogP contribution in [0, 0.1) is 6.92 Å². The third kappa shape index (κ3) is 4.73. The van der Waals surface area contributed by atoms with Gasteiger partial charge in [-0.25, -0.2) is 4.68 Å². The fourth-order valence-electron chi connectivity index (χ4n) is 3.65. The maximum absolute atomic E-state index is 13.4. The molecule has 2 atom stereocenters. The second-order valence-corrected chi connectivity index (χ2v) is 9.38. The lowest BCUT2D eigenvalue weighted by molar-refractivity contribution is -0.116. The van der Waals surface area contributed by atoms with Crippen molar-refractivity contribution in [3.63, 3.8) is 0 Å². The van der Waals surface area contributed by atoms with E-state index in [4.69, 9.17) is 16.3 Å². The number of fused-ring (bicyclic) bond motifs is 1. The molecule has 3 aromatic carbocycles. The summed E-state index contributed by atoms with van der Waals surface area (Å²) in [7, 11) is 0. The first-order chi connectivity index (χ1) is 16.6. The van der Waals surface area contributed by atoms with E-state index in [1.165, 1.54) is 11.8 Å². The average molecular weight is 492 g/mol. The van der Waals surface area contributed by atoms with Crippen molar-refractivity contribution >= 4 is 35.0 Å². The molecule has 2 heterocycles. The first-order valence-corrected chi connectivity index (χ1v) is 12.0. The van der Waals surface area contributed by atoms with E-state index >= 15 is 0 Å². The van der Waals surface area contributed by atoms with Gasteiger partial charge in [0.1, 0.15) is 17.6 Å². The molecule has 0 bridgehead atoms. The van der Waals surface area contributed by atoms with E-state index in [9.17, 15) is 4.79 Å². The number of aromatic nitrogens is 3. The van der Waals surface area contributed by atoms with Crippen molar-refractivity contribution in [2.24, 2.45) is 0 Å². The van der Waals surface area contributed by atoms with Gasteiger partial charge < -0.3 is 15.5 Å². The van der Waals surface area contributed by atoms with Gasteiger partial charge in [0.25, 0.3) is 0 Å². The van der Waals surface area contributed by atoms with Crippen molar-refractivity contribution in [2.75, 3.05) is 10.7 Å². The molecule has 0 saturated carbocycles. The molecule has 0 spiro atoms. The zero-order valence-electron chi connectivity index (χ0n) is 18.3. The predicted octanol–water partition coefficient (Wildman–Crippen LogP) is 5.22. The maximum atomic E-state index is 13.4. The van der Waals surface area contributed by atoms with Crippen LogP contribution in [-0.2, 0) is 11.4 Å². The van der Waals surface area contributed by atoms with E-state index in [1.807, 2.05) is 73.7 Å². The number of anilines is 1. The van der Waals surface area contributed by atoms with Gasteiger partial charge in [-0.05, 0) is 36.8 Å². The van der Waals surface area contributed by atoms with E-state index in [1.54, 1.807) is 16.8 Å². The van der Waals surface area contributed by atoms with Crippen molar-refractivity contribution in [3.8, 4) is 5.75 Å². The van der Waals surface area contributed by atoms with Crippen LogP contribution < -0.4 is 15.5 Å². The SMILES string of the molecule is Cc1ccc(C2Nn3c(COc4ccccc4)nnc3SC2C(=O)Nc2ccccc2Cl)cc1. The van der Waals surface area contributed by atoms with Crippen LogP contribution in [0.15, 0.2) is 84.0 Å². The highest BCUT2D eigenvalue weighted by Gasteiger charge is 2.38. The largest absolute Gasteiger partial charge is 0.486 e. The number of ether oxygens (including phenoxy) is 1. The fraction of sp³-hybridized carbons (Fsp3) is 0.160. The van der Waals surface area contributed by atoms with Gasteiger partial charge in [0, 0.05) is 0 Å². The number of rotatable bonds is 6. The second kappa shape index (κ2) is 9.79. The molecule has 5 rings (SSSR count). The van der Waals surface area contributed by atoms with Gasteiger partial charge in [-0.2, -0.15) is 0 Å². The van der Waals surface area contributed by atoms with E-state index < -0.39 is 5.25 Å². The van der Waals surface area contributed by atoms with Crippen molar-refractivity contribution < 1.29 is 9.53 Å². The highest BCUT2D eigenvalue weighted by Crippen LogP contribution is 2.38. The van der Waals surface area contributed by atoms with Crippen LogP contribution in [-0.4, -0.2) is 26.0 Å². The monoisotopic (exact) mass is 491 g/mol. The van der Waals surface area contributed by atoms with Crippen molar-refractivity contribution in [1.82, 2.24) is 14.9 Å². The van der Waals surface area contributed by atoms with Gasteiger partial charge in [-0.15, -0.1) is 10.2 Å². The number of aryl methyl sites for hydroxylation is 1. The summed E-state index contributed by atoms with van der Waals surface area (Å²) in [5, 5.41) is 12.1. The summed E-state index contributed by atoms with van der Waals surface area (Å²) in [5.74, 6) is 1.19. The minimum absolute atomic E-state index is 0.174. The number of benzene rings is 3. The molecule has 34 heavy (non-hydrogen) atoms. The molecule has 2 unspecified atom stereocenters. The number of nitrogens with one attached hydrogen (secondary N) is 2. The quantitative estimate of drug-likeness (QED) is 0.385. The summed E-state index contributed by atoms with van der Waals surface area (Å²) >= 11 is 7.63. The number of thioether (sulfide) groups is 1. The van der Waals surface area contributed by atoms with Crippen LogP contribution in [0.25, 0.3) is 0 Å². The summed E-state index contributed by atoms with van der Waals surface area (Å²) in [6.45, 7) is 2.27. The van der Waals surface area contributed by atoms with E-state index in [2.05, 4.69) is 20.9 Å². The molecule has 0 saturated heterocycles. The third-order valence-electron chi connectivity index (χ3n) is 5.44. The fourth-order valence-corrected chi connectivity index (χ4v) is 4.93. The molecule has 1 amide bonds. The van der Waals surface area contributed by atoms with Crippen LogP contribution in [0.1, 0.15) is 23.0 Å². The Morgan fingerprint density at radius 2 is 1.79 bits per heavy atom. The van der Waals surface area contributed by atoms with Crippen molar-refractivity contribution in [1.29, 1.82) is 0 Å². The summed E-state index contributed by atoms with van der Waals surface area (Å²) in [5.41, 5.74) is 6.14. The Morgan fingerprint density at radius 3 is 2.56 bits per heavy atom. The summed E-state index contributed by atoms with van der Waals surface area (Å²) < 4.78 is 7.68. The van der Waals surface area contributed by atoms with Crippen molar-refractivity contribution in [3.05, 3.63) is 101 Å². The number of halogens is 1. The topological polar surface area (TPSA) is 81.1 Å². The average Bonchev–Trinajstić information content (AvgIpc) is 3.26. The molecule has 1 aliphatic rings. The standard InChI is InChI=1S/C25H22ClN5O2S/c1-16-11-13-17(14-12-16)22-23(24(32)27-20-10-6-5-9-19(20)26)34-25-29-28-21(31(25)30-22)15-33-18-7-3-2-4-8-18/h2-14,22-23,30H,15H2,1H3,(H,27,32). The van der Waals surface area contributed by atoms with Gasteiger partial charge in [0.2, 0.25) is 11.1 Å². The Bertz CT molecular complexity index is 1300. The first kappa shape index (κ1) is 22.3. The number of para-hydroxylation sites is 2.